The van der Waals surface area contributed by atoms with Crippen molar-refractivity contribution in [2.45, 2.75) is 13.3 Å². The Morgan fingerprint density at radius 2 is 2.06 bits per heavy atom. The number of rotatable bonds is 5. The molecular weight excluding hydrogens is 224 g/mol. The van der Waals surface area contributed by atoms with E-state index in [0.717, 1.165) is 0 Å². The number of benzene rings is 1. The van der Waals surface area contributed by atoms with Gasteiger partial charge < -0.3 is 14.9 Å². The van der Waals surface area contributed by atoms with Crippen molar-refractivity contribution in [2.75, 3.05) is 7.11 Å². The van der Waals surface area contributed by atoms with Gasteiger partial charge in [-0.05, 0) is 18.2 Å². The van der Waals surface area contributed by atoms with E-state index in [1.807, 2.05) is 0 Å². The number of carbonyl (C=O) groups excluding carboxylic acids is 1. The predicted molar refractivity (Wildman–Crippen MR) is 60.4 cm³/mol. The molecule has 1 aromatic rings. The van der Waals surface area contributed by atoms with Gasteiger partial charge in [-0.3, -0.25) is 9.59 Å². The van der Waals surface area contributed by atoms with E-state index >= 15 is 0 Å². The summed E-state index contributed by atoms with van der Waals surface area (Å²) in [6.45, 7) is 1.54. The second kappa shape index (κ2) is 5.34. The minimum atomic E-state index is -1.02. The first-order chi connectivity index (χ1) is 7.95. The highest BCUT2D eigenvalue weighted by molar-refractivity contribution is 5.99. The molecule has 0 heterocycles. The lowest BCUT2D eigenvalue weighted by atomic mass is 9.96. The molecule has 0 aromatic heterocycles. The van der Waals surface area contributed by atoms with Crippen molar-refractivity contribution in [3.05, 3.63) is 23.8 Å². The average molecular weight is 238 g/mol. The van der Waals surface area contributed by atoms with Crippen molar-refractivity contribution in [1.29, 1.82) is 0 Å². The van der Waals surface area contributed by atoms with Gasteiger partial charge in [0.1, 0.15) is 0 Å². The highest BCUT2D eigenvalue weighted by Gasteiger charge is 2.19. The zero-order valence-electron chi connectivity index (χ0n) is 9.64. The van der Waals surface area contributed by atoms with Gasteiger partial charge in [-0.2, -0.15) is 0 Å². The van der Waals surface area contributed by atoms with Gasteiger partial charge in [0.2, 0.25) is 0 Å². The second-order valence-corrected chi connectivity index (χ2v) is 3.75. The van der Waals surface area contributed by atoms with Gasteiger partial charge in [0.25, 0.3) is 0 Å². The van der Waals surface area contributed by atoms with E-state index in [1.165, 1.54) is 32.2 Å². The van der Waals surface area contributed by atoms with Crippen LogP contribution in [-0.2, 0) is 4.79 Å². The number of ether oxygens (including phenoxy) is 1. The molecule has 0 amide bonds. The number of phenolic OH excluding ortho intramolecular Hbond substituents is 1. The molecule has 0 spiro atoms. The molecule has 1 unspecified atom stereocenters. The number of carboxylic acids is 1. The third-order valence-corrected chi connectivity index (χ3v) is 2.39. The van der Waals surface area contributed by atoms with E-state index in [0.29, 0.717) is 0 Å². The molecule has 0 saturated carbocycles. The molecule has 1 rings (SSSR count). The molecule has 2 N–H and O–H groups in total. The number of hydrogen-bond acceptors (Lipinski definition) is 4. The number of carboxylic acid groups (broad SMARTS) is 1. The lowest BCUT2D eigenvalue weighted by molar-refractivity contribution is -0.137. The molecule has 1 atom stereocenters. The van der Waals surface area contributed by atoms with Gasteiger partial charge in [0, 0.05) is 11.5 Å². The van der Waals surface area contributed by atoms with E-state index in [1.54, 1.807) is 0 Å². The average Bonchev–Trinajstić information content (AvgIpc) is 2.27. The van der Waals surface area contributed by atoms with Crippen molar-refractivity contribution in [1.82, 2.24) is 0 Å². The Balaban J connectivity index is 2.89. The Hall–Kier alpha value is -2.04. The van der Waals surface area contributed by atoms with Crippen LogP contribution in [0.5, 0.6) is 11.5 Å². The van der Waals surface area contributed by atoms with E-state index in [4.69, 9.17) is 9.84 Å². The maximum absolute atomic E-state index is 11.8. The van der Waals surface area contributed by atoms with Gasteiger partial charge in [-0.15, -0.1) is 0 Å². The molecule has 92 valence electrons. The number of carbonyl (C=O) groups is 2. The smallest absolute Gasteiger partial charge is 0.304 e. The number of aromatic hydroxyl groups is 1. The summed E-state index contributed by atoms with van der Waals surface area (Å²) in [5, 5.41) is 18.1. The number of ketones is 1. The van der Waals surface area contributed by atoms with E-state index in [9.17, 15) is 14.7 Å². The molecule has 0 aliphatic carbocycles. The Bertz CT molecular complexity index is 439. The van der Waals surface area contributed by atoms with Crippen molar-refractivity contribution in [3.8, 4) is 11.5 Å². The minimum Gasteiger partial charge on any atom is -0.504 e. The fraction of sp³-hybridized carbons (Fsp3) is 0.333. The summed E-state index contributed by atoms with van der Waals surface area (Å²) in [5.74, 6) is -1.83. The first kappa shape index (κ1) is 13.0. The van der Waals surface area contributed by atoms with E-state index in [-0.39, 0.29) is 29.3 Å². The van der Waals surface area contributed by atoms with Gasteiger partial charge in [0.15, 0.2) is 17.3 Å². The van der Waals surface area contributed by atoms with Crippen molar-refractivity contribution in [3.63, 3.8) is 0 Å². The Kier molecular flexibility index (Phi) is 4.09. The molecule has 0 radical (unpaired) electrons. The number of aliphatic carboxylic acids is 1. The minimum absolute atomic E-state index is 0.138. The molecule has 17 heavy (non-hydrogen) atoms. The quantitative estimate of drug-likeness (QED) is 0.762. The van der Waals surface area contributed by atoms with Crippen LogP contribution in [0, 0.1) is 5.92 Å². The molecule has 5 heteroatoms. The summed E-state index contributed by atoms with van der Waals surface area (Å²) in [4.78, 5) is 22.3. The summed E-state index contributed by atoms with van der Waals surface area (Å²) in [6.07, 6.45) is -0.231. The molecule has 0 bridgehead atoms. The van der Waals surface area contributed by atoms with Crippen LogP contribution in [-0.4, -0.2) is 29.1 Å². The fourth-order valence-corrected chi connectivity index (χ4v) is 1.48. The Morgan fingerprint density at radius 3 is 2.53 bits per heavy atom. The third-order valence-electron chi connectivity index (χ3n) is 2.39. The Labute approximate surface area is 98.6 Å². The van der Waals surface area contributed by atoms with Gasteiger partial charge >= 0.3 is 5.97 Å². The molecule has 0 saturated heterocycles. The first-order valence-electron chi connectivity index (χ1n) is 5.08. The lowest BCUT2D eigenvalue weighted by Crippen LogP contribution is -2.15. The number of phenols is 1. The zero-order valence-corrected chi connectivity index (χ0v) is 9.64. The standard InChI is InChI=1S/C12H14O5/c1-7(5-11(14)15)12(16)8-3-4-10(17-2)9(13)6-8/h3-4,6-7,13H,5H2,1-2H3,(H,14,15). The van der Waals surface area contributed by atoms with Crippen LogP contribution in [0.25, 0.3) is 0 Å². The highest BCUT2D eigenvalue weighted by Crippen LogP contribution is 2.27. The van der Waals surface area contributed by atoms with Crippen LogP contribution in [0.3, 0.4) is 0 Å². The van der Waals surface area contributed by atoms with E-state index < -0.39 is 11.9 Å². The largest absolute Gasteiger partial charge is 0.504 e. The maximum Gasteiger partial charge on any atom is 0.304 e. The Morgan fingerprint density at radius 1 is 1.41 bits per heavy atom. The summed E-state index contributed by atoms with van der Waals surface area (Å²) in [7, 11) is 1.41. The van der Waals surface area contributed by atoms with Crippen LogP contribution >= 0.6 is 0 Å². The van der Waals surface area contributed by atoms with Gasteiger partial charge in [-0.25, -0.2) is 0 Å². The van der Waals surface area contributed by atoms with Crippen LogP contribution in [0.2, 0.25) is 0 Å². The normalized spacial score (nSPS) is 11.9. The van der Waals surface area contributed by atoms with E-state index in [2.05, 4.69) is 0 Å². The summed E-state index contributed by atoms with van der Waals surface area (Å²) in [5.41, 5.74) is 0.275. The fourth-order valence-electron chi connectivity index (χ4n) is 1.48. The van der Waals surface area contributed by atoms with Crippen LogP contribution < -0.4 is 4.74 Å². The van der Waals surface area contributed by atoms with Gasteiger partial charge in [-0.1, -0.05) is 6.92 Å². The number of methoxy groups -OCH3 is 1. The molecule has 0 fully saturated rings. The topological polar surface area (TPSA) is 83.8 Å². The summed E-state index contributed by atoms with van der Waals surface area (Å²) < 4.78 is 4.85. The molecule has 0 aliphatic heterocycles. The zero-order chi connectivity index (χ0) is 13.0. The highest BCUT2D eigenvalue weighted by atomic mass is 16.5. The molecule has 1 aromatic carbocycles. The summed E-state index contributed by atoms with van der Waals surface area (Å²) in [6, 6.07) is 4.24. The van der Waals surface area contributed by atoms with Crippen molar-refractivity contribution < 1.29 is 24.5 Å². The summed E-state index contributed by atoms with van der Waals surface area (Å²) >= 11 is 0. The van der Waals surface area contributed by atoms with Crippen molar-refractivity contribution >= 4 is 11.8 Å². The molecule has 0 aliphatic rings. The SMILES string of the molecule is COc1ccc(C(=O)C(C)CC(=O)O)cc1O. The van der Waals surface area contributed by atoms with Crippen LogP contribution in [0.4, 0.5) is 0 Å². The molecule has 5 nitrogen and oxygen atoms in total. The number of hydrogen-bond donors (Lipinski definition) is 2. The van der Waals surface area contributed by atoms with Gasteiger partial charge in [0.05, 0.1) is 13.5 Å². The third kappa shape index (κ3) is 3.21. The van der Waals surface area contributed by atoms with Crippen molar-refractivity contribution in [2.24, 2.45) is 5.92 Å². The molecular formula is C12H14O5. The second-order valence-electron chi connectivity index (χ2n) is 3.75. The monoisotopic (exact) mass is 238 g/mol. The van der Waals surface area contributed by atoms with Crippen LogP contribution in [0.1, 0.15) is 23.7 Å². The predicted octanol–water partition coefficient (Wildman–Crippen LogP) is 1.69. The maximum atomic E-state index is 11.8. The lowest BCUT2D eigenvalue weighted by Gasteiger charge is -2.09. The first-order valence-corrected chi connectivity index (χ1v) is 5.08. The van der Waals surface area contributed by atoms with Crippen LogP contribution in [0.15, 0.2) is 18.2 Å². The number of Topliss-reactive ketones (excluding diaryl/α,β-unsaturated/α-hetero) is 1.